The molecule has 0 fully saturated rings. The molecular formula is C11H15ClN2O2. The number of aryl methyl sites for hydroxylation is 1. The largest absolute Gasteiger partial charge is 0.360 e. The van der Waals surface area contributed by atoms with Gasteiger partial charge in [-0.2, -0.15) is 0 Å². The fourth-order valence-corrected chi connectivity index (χ4v) is 2.16. The summed E-state index contributed by atoms with van der Waals surface area (Å²) in [6.07, 6.45) is 2.67. The van der Waals surface area contributed by atoms with Gasteiger partial charge in [-0.05, 0) is 19.8 Å². The fraction of sp³-hybridized carbons (Fsp3) is 0.636. The van der Waals surface area contributed by atoms with E-state index in [-0.39, 0.29) is 5.91 Å². The van der Waals surface area contributed by atoms with Crippen LogP contribution >= 0.6 is 11.6 Å². The van der Waals surface area contributed by atoms with Crippen LogP contribution in [0.1, 0.15) is 34.7 Å². The van der Waals surface area contributed by atoms with Crippen molar-refractivity contribution in [3.8, 4) is 0 Å². The molecule has 16 heavy (non-hydrogen) atoms. The summed E-state index contributed by atoms with van der Waals surface area (Å²) in [5.41, 5.74) is 1.36. The lowest BCUT2D eigenvalue weighted by Gasteiger charge is -2.25. The molecule has 0 radical (unpaired) electrons. The number of fused-ring (bicyclic) bond motifs is 1. The van der Waals surface area contributed by atoms with Crippen molar-refractivity contribution in [1.82, 2.24) is 10.1 Å². The van der Waals surface area contributed by atoms with Crippen molar-refractivity contribution < 1.29 is 9.32 Å². The second-order valence-corrected chi connectivity index (χ2v) is 4.38. The maximum atomic E-state index is 12.1. The Balaban J connectivity index is 2.06. The van der Waals surface area contributed by atoms with E-state index in [4.69, 9.17) is 16.1 Å². The molecule has 1 aliphatic rings. The van der Waals surface area contributed by atoms with Crippen molar-refractivity contribution in [3.63, 3.8) is 0 Å². The number of rotatable bonds is 4. The van der Waals surface area contributed by atoms with Crippen molar-refractivity contribution in [2.75, 3.05) is 19.0 Å². The van der Waals surface area contributed by atoms with Crippen molar-refractivity contribution in [2.45, 2.75) is 26.2 Å². The van der Waals surface area contributed by atoms with Crippen LogP contribution in [0.15, 0.2) is 4.52 Å². The number of hydrogen-bond acceptors (Lipinski definition) is 3. The number of aromatic nitrogens is 1. The first-order chi connectivity index (χ1) is 7.74. The smallest absolute Gasteiger partial charge is 0.259 e. The maximum Gasteiger partial charge on any atom is 0.259 e. The van der Waals surface area contributed by atoms with E-state index in [0.717, 1.165) is 38.1 Å². The molecule has 0 N–H and O–H groups in total. The van der Waals surface area contributed by atoms with E-state index in [9.17, 15) is 4.79 Å². The molecule has 0 aromatic carbocycles. The van der Waals surface area contributed by atoms with Crippen LogP contribution in [0.3, 0.4) is 0 Å². The van der Waals surface area contributed by atoms with Crippen LogP contribution < -0.4 is 0 Å². The first-order valence-corrected chi connectivity index (χ1v) is 6.08. The van der Waals surface area contributed by atoms with Gasteiger partial charge in [0.15, 0.2) is 5.76 Å². The standard InChI is InChI=1S/C11H15ClN2O2/c1-8-10-9(16-13-8)4-7-14(11(10)15)6-3-2-5-12/h2-7H2,1H3. The van der Waals surface area contributed by atoms with Gasteiger partial charge < -0.3 is 9.42 Å². The van der Waals surface area contributed by atoms with Crippen LogP contribution in [-0.2, 0) is 6.42 Å². The van der Waals surface area contributed by atoms with Gasteiger partial charge in [0.1, 0.15) is 5.56 Å². The molecule has 5 heteroatoms. The summed E-state index contributed by atoms with van der Waals surface area (Å²) in [6.45, 7) is 3.31. The normalized spacial score (nSPS) is 15.4. The van der Waals surface area contributed by atoms with Crippen molar-refractivity contribution in [1.29, 1.82) is 0 Å². The summed E-state index contributed by atoms with van der Waals surface area (Å²) >= 11 is 5.62. The Hall–Kier alpha value is -1.03. The minimum Gasteiger partial charge on any atom is -0.360 e. The maximum absolute atomic E-state index is 12.1. The monoisotopic (exact) mass is 242 g/mol. The molecule has 0 atom stereocenters. The average Bonchev–Trinajstić information content (AvgIpc) is 2.65. The predicted octanol–water partition coefficient (Wildman–Crippen LogP) is 2.00. The molecule has 1 amide bonds. The van der Waals surface area contributed by atoms with Crippen LogP contribution in [0.25, 0.3) is 0 Å². The molecule has 1 aliphatic heterocycles. The molecule has 0 unspecified atom stereocenters. The average molecular weight is 243 g/mol. The third-order valence-electron chi connectivity index (χ3n) is 2.85. The van der Waals surface area contributed by atoms with E-state index in [1.54, 1.807) is 0 Å². The Bertz CT molecular complexity index is 389. The van der Waals surface area contributed by atoms with Crippen LogP contribution in [-0.4, -0.2) is 34.9 Å². The highest BCUT2D eigenvalue weighted by Crippen LogP contribution is 2.21. The number of hydrogen-bond donors (Lipinski definition) is 0. The molecule has 0 aliphatic carbocycles. The molecule has 88 valence electrons. The predicted molar refractivity (Wildman–Crippen MR) is 60.8 cm³/mol. The van der Waals surface area contributed by atoms with Gasteiger partial charge in [-0.1, -0.05) is 5.16 Å². The number of amides is 1. The third-order valence-corrected chi connectivity index (χ3v) is 3.12. The Labute approximate surface area is 99.5 Å². The molecule has 2 heterocycles. The number of carbonyl (C=O) groups is 1. The lowest BCUT2D eigenvalue weighted by molar-refractivity contribution is 0.0729. The Morgan fingerprint density at radius 3 is 3.06 bits per heavy atom. The van der Waals surface area contributed by atoms with Crippen LogP contribution in [0, 0.1) is 6.92 Å². The van der Waals surface area contributed by atoms with Gasteiger partial charge in [-0.25, -0.2) is 0 Å². The van der Waals surface area contributed by atoms with E-state index >= 15 is 0 Å². The number of alkyl halides is 1. The molecule has 0 saturated carbocycles. The van der Waals surface area contributed by atoms with E-state index < -0.39 is 0 Å². The topological polar surface area (TPSA) is 46.3 Å². The molecule has 0 spiro atoms. The highest BCUT2D eigenvalue weighted by Gasteiger charge is 2.29. The summed E-state index contributed by atoms with van der Waals surface area (Å²) < 4.78 is 5.11. The first-order valence-electron chi connectivity index (χ1n) is 5.54. The zero-order valence-corrected chi connectivity index (χ0v) is 10.1. The van der Waals surface area contributed by atoms with E-state index in [1.807, 2.05) is 11.8 Å². The summed E-state index contributed by atoms with van der Waals surface area (Å²) in [5.74, 6) is 1.44. The summed E-state index contributed by atoms with van der Waals surface area (Å²) in [6, 6.07) is 0. The summed E-state index contributed by atoms with van der Waals surface area (Å²) in [5, 5.41) is 3.84. The van der Waals surface area contributed by atoms with Gasteiger partial charge in [0.2, 0.25) is 0 Å². The SMILES string of the molecule is Cc1noc2c1C(=O)N(CCCCCl)CC2. The number of halogens is 1. The quantitative estimate of drug-likeness (QED) is 0.599. The molecule has 1 aromatic heterocycles. The Kier molecular flexibility index (Phi) is 3.49. The highest BCUT2D eigenvalue weighted by atomic mass is 35.5. The fourth-order valence-electron chi connectivity index (χ4n) is 1.97. The van der Waals surface area contributed by atoms with Gasteiger partial charge in [0.05, 0.1) is 5.69 Å². The van der Waals surface area contributed by atoms with Crippen LogP contribution in [0.2, 0.25) is 0 Å². The van der Waals surface area contributed by atoms with Gasteiger partial charge in [-0.15, -0.1) is 11.6 Å². The van der Waals surface area contributed by atoms with Gasteiger partial charge in [0, 0.05) is 25.4 Å². The summed E-state index contributed by atoms with van der Waals surface area (Å²) in [4.78, 5) is 13.9. The zero-order chi connectivity index (χ0) is 11.5. The minimum absolute atomic E-state index is 0.0505. The number of unbranched alkanes of at least 4 members (excludes halogenated alkanes) is 1. The first kappa shape index (κ1) is 11.5. The summed E-state index contributed by atoms with van der Waals surface area (Å²) in [7, 11) is 0. The highest BCUT2D eigenvalue weighted by molar-refractivity contribution is 6.17. The minimum atomic E-state index is 0.0505. The van der Waals surface area contributed by atoms with Crippen molar-refractivity contribution in [3.05, 3.63) is 17.0 Å². The molecule has 0 saturated heterocycles. The van der Waals surface area contributed by atoms with Gasteiger partial charge >= 0.3 is 0 Å². The van der Waals surface area contributed by atoms with E-state index in [1.165, 1.54) is 0 Å². The zero-order valence-electron chi connectivity index (χ0n) is 9.33. The molecule has 4 nitrogen and oxygen atoms in total. The molecular weight excluding hydrogens is 228 g/mol. The molecule has 1 aromatic rings. The van der Waals surface area contributed by atoms with Crippen molar-refractivity contribution in [2.24, 2.45) is 0 Å². The van der Waals surface area contributed by atoms with Crippen LogP contribution in [0.5, 0.6) is 0 Å². The van der Waals surface area contributed by atoms with E-state index in [0.29, 0.717) is 17.1 Å². The second kappa shape index (κ2) is 4.87. The molecule has 2 rings (SSSR count). The second-order valence-electron chi connectivity index (χ2n) is 4.00. The van der Waals surface area contributed by atoms with Crippen LogP contribution in [0.4, 0.5) is 0 Å². The van der Waals surface area contributed by atoms with E-state index in [2.05, 4.69) is 5.16 Å². The molecule has 0 bridgehead atoms. The van der Waals surface area contributed by atoms with Gasteiger partial charge in [-0.3, -0.25) is 4.79 Å². The number of nitrogens with zero attached hydrogens (tertiary/aromatic N) is 2. The third kappa shape index (κ3) is 2.07. The van der Waals surface area contributed by atoms with Crippen molar-refractivity contribution >= 4 is 17.5 Å². The van der Waals surface area contributed by atoms with Gasteiger partial charge in [0.25, 0.3) is 5.91 Å². The lowest BCUT2D eigenvalue weighted by Crippen LogP contribution is -2.38. The lowest BCUT2D eigenvalue weighted by atomic mass is 10.1. The number of carbonyl (C=O) groups excluding carboxylic acids is 1. The Morgan fingerprint density at radius 2 is 2.31 bits per heavy atom. The Morgan fingerprint density at radius 1 is 1.50 bits per heavy atom.